The molecule has 2 heterocycles. The lowest BCUT2D eigenvalue weighted by molar-refractivity contribution is -0.384. The maximum atomic E-state index is 13.9. The van der Waals surface area contributed by atoms with E-state index in [0.29, 0.717) is 18.5 Å². The number of benzene rings is 2. The van der Waals surface area contributed by atoms with Crippen molar-refractivity contribution in [2.24, 2.45) is 0 Å². The number of nitrogens with zero attached hydrogens (tertiary/aromatic N) is 4. The Bertz CT molecular complexity index is 1700. The van der Waals surface area contributed by atoms with Gasteiger partial charge in [-0.3, -0.25) is 44.7 Å². The van der Waals surface area contributed by atoms with Gasteiger partial charge in [-0.25, -0.2) is 4.79 Å². The summed E-state index contributed by atoms with van der Waals surface area (Å²) in [5.41, 5.74) is 2.36. The van der Waals surface area contributed by atoms with E-state index >= 15 is 0 Å². The predicted octanol–water partition coefficient (Wildman–Crippen LogP) is 1.85. The monoisotopic (exact) mass is 663 g/mol. The van der Waals surface area contributed by atoms with Crippen LogP contribution < -0.4 is 10.6 Å². The molecule has 0 saturated heterocycles. The number of aromatic nitrogens is 2. The first kappa shape index (κ1) is 34.7. The first-order valence-corrected chi connectivity index (χ1v) is 14.7. The van der Waals surface area contributed by atoms with Gasteiger partial charge in [0.05, 0.1) is 17.2 Å². The van der Waals surface area contributed by atoms with Crippen molar-refractivity contribution >= 4 is 41.4 Å². The molecule has 0 spiro atoms. The first-order chi connectivity index (χ1) is 22.9. The van der Waals surface area contributed by atoms with Gasteiger partial charge in [0.2, 0.25) is 12.7 Å². The molecule has 1 aliphatic rings. The summed E-state index contributed by atoms with van der Waals surface area (Å²) in [6.07, 6.45) is 1.12. The number of alkyl carbamates (subject to hydrolysis) is 1. The molecule has 0 aliphatic carbocycles. The van der Waals surface area contributed by atoms with E-state index in [1.807, 2.05) is 0 Å². The molecule has 4 rings (SSSR count). The highest BCUT2D eigenvalue weighted by atomic mass is 16.7. The molecule has 1 atom stereocenters. The van der Waals surface area contributed by atoms with E-state index in [1.165, 1.54) is 53.2 Å². The molecule has 48 heavy (non-hydrogen) atoms. The molecule has 17 nitrogen and oxygen atoms in total. The summed E-state index contributed by atoms with van der Waals surface area (Å²) in [5.74, 6) is -2.40. The SMILES string of the molecule is CCOC(=O)Cn1cc2c(n1)CCN(C(=O)[C@H](Cc1ccc([N+](=O)[O-])cc1)NC(=O)c1ccc(C(=N)NC(=O)OCOC(C)=O)cc1)C2. The summed E-state index contributed by atoms with van der Waals surface area (Å²) in [4.78, 5) is 73.9. The number of rotatable bonds is 12. The van der Waals surface area contributed by atoms with Gasteiger partial charge >= 0.3 is 18.0 Å². The summed E-state index contributed by atoms with van der Waals surface area (Å²) >= 11 is 0. The van der Waals surface area contributed by atoms with Crippen molar-refractivity contribution in [1.82, 2.24) is 25.3 Å². The smallest absolute Gasteiger partial charge is 0.415 e. The second-order valence-electron chi connectivity index (χ2n) is 10.5. The number of nitro groups is 1. The van der Waals surface area contributed by atoms with Crippen molar-refractivity contribution in [3.05, 3.63) is 92.8 Å². The van der Waals surface area contributed by atoms with Crippen LogP contribution in [0.4, 0.5) is 10.5 Å². The highest BCUT2D eigenvalue weighted by Crippen LogP contribution is 2.20. The predicted molar refractivity (Wildman–Crippen MR) is 166 cm³/mol. The fraction of sp³-hybridized carbons (Fsp3) is 0.323. The number of hydrogen-bond acceptors (Lipinski definition) is 12. The van der Waals surface area contributed by atoms with Gasteiger partial charge in [0, 0.05) is 67.9 Å². The van der Waals surface area contributed by atoms with Gasteiger partial charge in [-0.2, -0.15) is 5.10 Å². The van der Waals surface area contributed by atoms with Crippen LogP contribution in [0.5, 0.6) is 0 Å². The van der Waals surface area contributed by atoms with Crippen LogP contribution in [0.2, 0.25) is 0 Å². The highest BCUT2D eigenvalue weighted by Gasteiger charge is 2.31. The number of carbonyl (C=O) groups excluding carboxylic acids is 5. The second-order valence-corrected chi connectivity index (χ2v) is 10.5. The Kier molecular flexibility index (Phi) is 11.5. The fourth-order valence-electron chi connectivity index (χ4n) is 4.79. The quantitative estimate of drug-likeness (QED) is 0.0633. The zero-order valence-corrected chi connectivity index (χ0v) is 26.1. The van der Waals surface area contributed by atoms with Crippen LogP contribution in [-0.2, 0) is 54.5 Å². The van der Waals surface area contributed by atoms with Gasteiger partial charge in [-0.1, -0.05) is 24.3 Å². The molecule has 0 unspecified atom stereocenters. The third-order valence-electron chi connectivity index (χ3n) is 7.12. The van der Waals surface area contributed by atoms with E-state index in [1.54, 1.807) is 18.0 Å². The van der Waals surface area contributed by atoms with E-state index in [0.717, 1.165) is 18.2 Å². The molecule has 2 aromatic carbocycles. The molecular weight excluding hydrogens is 630 g/mol. The summed E-state index contributed by atoms with van der Waals surface area (Å²) in [6, 6.07) is 10.3. The lowest BCUT2D eigenvalue weighted by Gasteiger charge is -2.30. The minimum Gasteiger partial charge on any atom is -0.465 e. The molecule has 3 aromatic rings. The Hall–Kier alpha value is -6.13. The van der Waals surface area contributed by atoms with E-state index in [9.17, 15) is 34.1 Å². The van der Waals surface area contributed by atoms with Crippen LogP contribution >= 0.6 is 0 Å². The van der Waals surface area contributed by atoms with Gasteiger partial charge in [0.25, 0.3) is 11.6 Å². The van der Waals surface area contributed by atoms with Crippen molar-refractivity contribution in [2.45, 2.75) is 45.8 Å². The summed E-state index contributed by atoms with van der Waals surface area (Å²) < 4.78 is 15.6. The van der Waals surface area contributed by atoms with E-state index < -0.39 is 41.7 Å². The highest BCUT2D eigenvalue weighted by molar-refractivity contribution is 6.05. The lowest BCUT2D eigenvalue weighted by Crippen LogP contribution is -2.50. The van der Waals surface area contributed by atoms with Crippen LogP contribution in [0.1, 0.15) is 46.6 Å². The number of amidine groups is 1. The molecule has 1 aromatic heterocycles. The van der Waals surface area contributed by atoms with Crippen molar-refractivity contribution in [3.8, 4) is 0 Å². The van der Waals surface area contributed by atoms with Gasteiger partial charge in [0.1, 0.15) is 18.4 Å². The van der Waals surface area contributed by atoms with Crippen LogP contribution in [-0.4, -0.2) is 81.3 Å². The number of nitro benzene ring substituents is 1. The van der Waals surface area contributed by atoms with Crippen LogP contribution in [0.25, 0.3) is 0 Å². The molecular formula is C31H33N7O10. The van der Waals surface area contributed by atoms with Crippen molar-refractivity contribution in [3.63, 3.8) is 0 Å². The Morgan fingerprint density at radius 3 is 2.35 bits per heavy atom. The van der Waals surface area contributed by atoms with Crippen LogP contribution in [0.3, 0.4) is 0 Å². The number of amides is 3. The number of fused-ring (bicyclic) bond motifs is 1. The number of carbonyl (C=O) groups is 5. The number of hydrogen-bond donors (Lipinski definition) is 3. The standard InChI is InChI=1S/C31H33N7O10/c1-3-46-27(40)17-37-16-23-15-36(13-12-25(23)35-37)30(42)26(14-20-4-10-24(11-5-20)38(44)45)33-29(41)22-8-6-21(7-9-22)28(32)34-31(43)48-18-47-19(2)39/h4-11,16,26H,3,12-15,17-18H2,1-2H3,(H,33,41)(H2,32,34,43)/t26-/m0/s1. The Morgan fingerprint density at radius 2 is 1.71 bits per heavy atom. The largest absolute Gasteiger partial charge is 0.465 e. The van der Waals surface area contributed by atoms with E-state index in [2.05, 4.69) is 25.2 Å². The zero-order chi connectivity index (χ0) is 34.8. The van der Waals surface area contributed by atoms with Crippen molar-refractivity contribution < 1.29 is 43.1 Å². The topological polar surface area (TPSA) is 225 Å². The van der Waals surface area contributed by atoms with Crippen LogP contribution in [0.15, 0.2) is 54.7 Å². The normalized spacial score (nSPS) is 12.6. The molecule has 0 fully saturated rings. The second kappa shape index (κ2) is 15.9. The van der Waals surface area contributed by atoms with Gasteiger partial charge in [-0.05, 0) is 24.6 Å². The maximum absolute atomic E-state index is 13.9. The average molecular weight is 664 g/mol. The maximum Gasteiger partial charge on any atom is 0.415 e. The Balaban J connectivity index is 1.46. The van der Waals surface area contributed by atoms with Crippen molar-refractivity contribution in [1.29, 1.82) is 5.41 Å². The number of esters is 2. The van der Waals surface area contributed by atoms with E-state index in [-0.39, 0.29) is 54.7 Å². The number of nitrogens with one attached hydrogen (secondary N) is 3. The fourth-order valence-corrected chi connectivity index (χ4v) is 4.79. The number of ether oxygens (including phenoxy) is 3. The minimum atomic E-state index is -1.05. The Labute approximate surface area is 273 Å². The molecule has 0 radical (unpaired) electrons. The van der Waals surface area contributed by atoms with Gasteiger partial charge < -0.3 is 24.4 Å². The third-order valence-corrected chi connectivity index (χ3v) is 7.12. The summed E-state index contributed by atoms with van der Waals surface area (Å²) in [7, 11) is 0. The molecule has 3 N–H and O–H groups in total. The first-order valence-electron chi connectivity index (χ1n) is 14.7. The zero-order valence-electron chi connectivity index (χ0n) is 26.1. The van der Waals surface area contributed by atoms with E-state index in [4.69, 9.17) is 10.1 Å². The van der Waals surface area contributed by atoms with Gasteiger partial charge in [0.15, 0.2) is 0 Å². The summed E-state index contributed by atoms with van der Waals surface area (Å²) in [5, 5.41) is 28.6. The molecule has 252 valence electrons. The molecule has 0 bridgehead atoms. The molecule has 1 aliphatic heterocycles. The lowest BCUT2D eigenvalue weighted by atomic mass is 10.0. The molecule has 3 amide bonds. The van der Waals surface area contributed by atoms with Crippen molar-refractivity contribution in [2.75, 3.05) is 19.9 Å². The van der Waals surface area contributed by atoms with Gasteiger partial charge in [-0.15, -0.1) is 0 Å². The molecule has 0 saturated carbocycles. The summed E-state index contributed by atoms with van der Waals surface area (Å²) in [6.45, 7) is 2.90. The molecule has 17 heteroatoms. The average Bonchev–Trinajstić information content (AvgIpc) is 3.45. The minimum absolute atomic E-state index is 0.0378. The Morgan fingerprint density at radius 1 is 1.02 bits per heavy atom. The number of non-ortho nitro benzene ring substituents is 1. The third kappa shape index (κ3) is 9.44. The van der Waals surface area contributed by atoms with Crippen LogP contribution in [0, 0.1) is 15.5 Å².